The molecule has 16 heavy (non-hydrogen) atoms. The number of hydrogen-bond donors (Lipinski definition) is 0. The second-order valence-electron chi connectivity index (χ2n) is 5.16. The van der Waals surface area contributed by atoms with Crippen molar-refractivity contribution >= 4 is 5.78 Å². The van der Waals surface area contributed by atoms with Gasteiger partial charge >= 0.3 is 0 Å². The molecule has 1 aromatic rings. The van der Waals surface area contributed by atoms with E-state index in [1.807, 2.05) is 52.8 Å². The maximum atomic E-state index is 11.7. The molecule has 0 aromatic heterocycles. The number of aryl methyl sites for hydroxylation is 1. The van der Waals surface area contributed by atoms with Gasteiger partial charge in [-0.3, -0.25) is 4.79 Å². The summed E-state index contributed by atoms with van der Waals surface area (Å²) >= 11 is 0. The second kappa shape index (κ2) is 4.69. The van der Waals surface area contributed by atoms with Crippen LogP contribution in [0.2, 0.25) is 0 Å². The van der Waals surface area contributed by atoms with E-state index in [4.69, 9.17) is 4.74 Å². The first-order chi connectivity index (χ1) is 7.32. The van der Waals surface area contributed by atoms with E-state index in [1.165, 1.54) is 5.56 Å². The first kappa shape index (κ1) is 12.8. The molecule has 0 bridgehead atoms. The maximum absolute atomic E-state index is 11.7. The molecule has 0 unspecified atom stereocenters. The molecule has 0 saturated carbocycles. The fourth-order valence-electron chi connectivity index (χ4n) is 1.24. The Kier molecular flexibility index (Phi) is 3.74. The van der Waals surface area contributed by atoms with Gasteiger partial charge < -0.3 is 4.74 Å². The fourth-order valence-corrected chi connectivity index (χ4v) is 1.24. The molecule has 0 radical (unpaired) electrons. The molecule has 1 aromatic carbocycles. The molecule has 0 aliphatic carbocycles. The zero-order valence-corrected chi connectivity index (χ0v) is 10.8. The van der Waals surface area contributed by atoms with Crippen molar-refractivity contribution < 1.29 is 9.53 Å². The maximum Gasteiger partial charge on any atom is 0.175 e. The first-order valence-corrected chi connectivity index (χ1v) is 5.54. The van der Waals surface area contributed by atoms with Crippen molar-refractivity contribution in [1.29, 1.82) is 0 Å². The van der Waals surface area contributed by atoms with Crippen molar-refractivity contribution in [3.63, 3.8) is 0 Å². The van der Waals surface area contributed by atoms with Gasteiger partial charge in [-0.05, 0) is 31.0 Å². The molecule has 0 saturated heterocycles. The third kappa shape index (κ3) is 3.09. The Hall–Kier alpha value is -1.31. The number of hydrogen-bond acceptors (Lipinski definition) is 2. The monoisotopic (exact) mass is 220 g/mol. The molecule has 0 amide bonds. The second-order valence-corrected chi connectivity index (χ2v) is 5.16. The molecule has 88 valence electrons. The van der Waals surface area contributed by atoms with Crippen LogP contribution < -0.4 is 4.74 Å². The van der Waals surface area contributed by atoms with Crippen molar-refractivity contribution in [2.75, 3.05) is 6.61 Å². The van der Waals surface area contributed by atoms with Crippen molar-refractivity contribution in [3.8, 4) is 5.75 Å². The molecule has 0 aliphatic heterocycles. The normalized spacial score (nSPS) is 11.3. The fraction of sp³-hybridized carbons (Fsp3) is 0.500. The van der Waals surface area contributed by atoms with E-state index in [2.05, 4.69) is 0 Å². The highest BCUT2D eigenvalue weighted by atomic mass is 16.5. The van der Waals surface area contributed by atoms with Crippen LogP contribution in [0.15, 0.2) is 18.2 Å². The summed E-state index contributed by atoms with van der Waals surface area (Å²) in [6.45, 7) is 9.90. The van der Waals surface area contributed by atoms with Crippen LogP contribution in [-0.4, -0.2) is 12.4 Å². The van der Waals surface area contributed by atoms with Gasteiger partial charge in [0, 0.05) is 5.41 Å². The van der Waals surface area contributed by atoms with Crippen LogP contribution in [0, 0.1) is 19.3 Å². The van der Waals surface area contributed by atoms with Crippen LogP contribution in [0.5, 0.6) is 5.75 Å². The van der Waals surface area contributed by atoms with Crippen LogP contribution in [0.3, 0.4) is 0 Å². The molecule has 0 spiro atoms. The summed E-state index contributed by atoms with van der Waals surface area (Å²) in [5.41, 5.74) is 1.95. The zero-order valence-electron chi connectivity index (χ0n) is 10.8. The van der Waals surface area contributed by atoms with Crippen molar-refractivity contribution in [2.45, 2.75) is 34.6 Å². The molecule has 0 aliphatic rings. The van der Waals surface area contributed by atoms with Crippen LogP contribution in [0.1, 0.15) is 31.9 Å². The Morgan fingerprint density at radius 2 is 1.88 bits per heavy atom. The van der Waals surface area contributed by atoms with E-state index >= 15 is 0 Å². The SMILES string of the molecule is Cc1cccc(OCC(=O)C(C)(C)C)c1C. The lowest BCUT2D eigenvalue weighted by Crippen LogP contribution is -2.26. The predicted molar refractivity (Wildman–Crippen MR) is 65.9 cm³/mol. The minimum atomic E-state index is -0.336. The summed E-state index contributed by atoms with van der Waals surface area (Å²) in [6, 6.07) is 5.88. The van der Waals surface area contributed by atoms with Crippen LogP contribution in [0.4, 0.5) is 0 Å². The van der Waals surface area contributed by atoms with E-state index in [0.29, 0.717) is 0 Å². The average Bonchev–Trinajstić information content (AvgIpc) is 2.18. The minimum Gasteiger partial charge on any atom is -0.486 e. The van der Waals surface area contributed by atoms with Gasteiger partial charge in [-0.2, -0.15) is 0 Å². The molecule has 0 heterocycles. The summed E-state index contributed by atoms with van der Waals surface area (Å²) in [5, 5.41) is 0. The summed E-state index contributed by atoms with van der Waals surface area (Å²) in [4.78, 5) is 11.7. The number of rotatable bonds is 3. The molecular weight excluding hydrogens is 200 g/mol. The quantitative estimate of drug-likeness (QED) is 0.781. The van der Waals surface area contributed by atoms with Gasteiger partial charge in [-0.15, -0.1) is 0 Å². The lowest BCUT2D eigenvalue weighted by Gasteiger charge is -2.17. The molecule has 0 N–H and O–H groups in total. The number of ether oxygens (including phenoxy) is 1. The topological polar surface area (TPSA) is 26.3 Å². The van der Waals surface area contributed by atoms with Gasteiger partial charge in [0.25, 0.3) is 0 Å². The smallest absolute Gasteiger partial charge is 0.175 e. The number of carbonyl (C=O) groups excluding carboxylic acids is 1. The molecule has 2 heteroatoms. The summed E-state index contributed by atoms with van der Waals surface area (Å²) in [6.07, 6.45) is 0. The Morgan fingerprint density at radius 1 is 1.25 bits per heavy atom. The highest BCUT2D eigenvalue weighted by molar-refractivity contribution is 5.85. The summed E-state index contributed by atoms with van der Waals surface area (Å²) in [5.74, 6) is 0.922. The Balaban J connectivity index is 2.69. The van der Waals surface area contributed by atoms with Crippen LogP contribution in [0.25, 0.3) is 0 Å². The standard InChI is InChI=1S/C14H20O2/c1-10-7-6-8-12(11(10)2)16-9-13(15)14(3,4)5/h6-8H,9H2,1-5H3. The van der Waals surface area contributed by atoms with E-state index in [1.54, 1.807) is 0 Å². The predicted octanol–water partition coefficient (Wildman–Crippen LogP) is 3.30. The average molecular weight is 220 g/mol. The zero-order chi connectivity index (χ0) is 12.3. The van der Waals surface area contributed by atoms with E-state index < -0.39 is 0 Å². The van der Waals surface area contributed by atoms with Crippen molar-refractivity contribution in [1.82, 2.24) is 0 Å². The number of carbonyl (C=O) groups is 1. The summed E-state index contributed by atoms with van der Waals surface area (Å²) in [7, 11) is 0. The van der Waals surface area contributed by atoms with Crippen LogP contribution >= 0.6 is 0 Å². The lowest BCUT2D eigenvalue weighted by atomic mass is 9.91. The molecular formula is C14H20O2. The number of benzene rings is 1. The van der Waals surface area contributed by atoms with Gasteiger partial charge in [0.05, 0.1) is 0 Å². The Labute approximate surface area is 97.6 Å². The van der Waals surface area contributed by atoms with Gasteiger partial charge in [0.2, 0.25) is 0 Å². The molecule has 0 fully saturated rings. The molecule has 0 atom stereocenters. The largest absolute Gasteiger partial charge is 0.486 e. The van der Waals surface area contributed by atoms with E-state index in [9.17, 15) is 4.79 Å². The van der Waals surface area contributed by atoms with Crippen LogP contribution in [-0.2, 0) is 4.79 Å². The van der Waals surface area contributed by atoms with Gasteiger partial charge in [0.1, 0.15) is 12.4 Å². The van der Waals surface area contributed by atoms with E-state index in [0.717, 1.165) is 11.3 Å². The third-order valence-corrected chi connectivity index (χ3v) is 2.75. The highest BCUT2D eigenvalue weighted by Gasteiger charge is 2.21. The Bertz CT molecular complexity index is 386. The third-order valence-electron chi connectivity index (χ3n) is 2.75. The minimum absolute atomic E-state index is 0.119. The summed E-state index contributed by atoms with van der Waals surface area (Å²) < 4.78 is 5.56. The number of Topliss-reactive ketones (excluding diaryl/α,β-unsaturated/α-hetero) is 1. The lowest BCUT2D eigenvalue weighted by molar-refractivity contribution is -0.128. The number of ketones is 1. The van der Waals surface area contributed by atoms with Gasteiger partial charge in [-0.25, -0.2) is 0 Å². The molecule has 2 nitrogen and oxygen atoms in total. The van der Waals surface area contributed by atoms with Gasteiger partial charge in [0.15, 0.2) is 5.78 Å². The van der Waals surface area contributed by atoms with E-state index in [-0.39, 0.29) is 17.8 Å². The van der Waals surface area contributed by atoms with Crippen molar-refractivity contribution in [2.24, 2.45) is 5.41 Å². The first-order valence-electron chi connectivity index (χ1n) is 5.54. The van der Waals surface area contributed by atoms with Crippen molar-refractivity contribution in [3.05, 3.63) is 29.3 Å². The van der Waals surface area contributed by atoms with Gasteiger partial charge in [-0.1, -0.05) is 32.9 Å². The highest BCUT2D eigenvalue weighted by Crippen LogP contribution is 2.22. The molecule has 1 rings (SSSR count). The Morgan fingerprint density at radius 3 is 2.44 bits per heavy atom.